The Balaban J connectivity index is 2.81. The van der Waals surface area contributed by atoms with E-state index in [0.29, 0.717) is 12.4 Å². The van der Waals surface area contributed by atoms with Crippen LogP contribution < -0.4 is 4.74 Å². The Kier molecular flexibility index (Phi) is 6.68. The van der Waals surface area contributed by atoms with Crippen molar-refractivity contribution in [2.24, 2.45) is 0 Å². The van der Waals surface area contributed by atoms with Gasteiger partial charge in [0.25, 0.3) is 0 Å². The van der Waals surface area contributed by atoms with Gasteiger partial charge in [0.1, 0.15) is 12.3 Å². The number of carboxylic acid groups (broad SMARTS) is 1. The number of nitrogens with zero attached hydrogens (tertiary/aromatic N) is 1. The quantitative estimate of drug-likeness (QED) is 0.783. The monoisotopic (exact) mass is 295 g/mol. The van der Waals surface area contributed by atoms with Crippen LogP contribution in [-0.4, -0.2) is 55.8 Å². The molecule has 1 aromatic carbocycles. The van der Waals surface area contributed by atoms with Crippen LogP contribution in [-0.2, 0) is 14.3 Å². The molecule has 0 saturated heterocycles. The second kappa shape index (κ2) is 8.26. The first-order chi connectivity index (χ1) is 9.99. The summed E-state index contributed by atoms with van der Waals surface area (Å²) in [6.07, 6.45) is 0. The van der Waals surface area contributed by atoms with Crippen LogP contribution in [0.1, 0.15) is 18.4 Å². The molecule has 116 valence electrons. The normalized spacial score (nSPS) is 11.8. The highest BCUT2D eigenvalue weighted by molar-refractivity contribution is 5.86. The molecule has 0 aromatic heterocycles. The summed E-state index contributed by atoms with van der Waals surface area (Å²) < 4.78 is 9.99. The van der Waals surface area contributed by atoms with Gasteiger partial charge >= 0.3 is 5.97 Å². The molecule has 0 saturated carbocycles. The van der Waals surface area contributed by atoms with Gasteiger partial charge in [0.05, 0.1) is 19.6 Å². The van der Waals surface area contributed by atoms with E-state index in [1.165, 1.54) is 12.0 Å². The van der Waals surface area contributed by atoms with Gasteiger partial charge in [0.15, 0.2) is 0 Å². The van der Waals surface area contributed by atoms with Gasteiger partial charge in [-0.2, -0.15) is 0 Å². The summed E-state index contributed by atoms with van der Waals surface area (Å²) in [5, 5.41) is 8.90. The summed E-state index contributed by atoms with van der Waals surface area (Å²) in [7, 11) is 3.08. The molecule has 1 N–H and O–H groups in total. The van der Waals surface area contributed by atoms with Crippen molar-refractivity contribution in [1.29, 1.82) is 0 Å². The Bertz CT molecular complexity index is 471. The highest BCUT2D eigenvalue weighted by Crippen LogP contribution is 2.21. The maximum Gasteiger partial charge on any atom is 0.323 e. The third-order valence-corrected chi connectivity index (χ3v) is 3.19. The van der Waals surface area contributed by atoms with E-state index in [1.54, 1.807) is 38.3 Å². The van der Waals surface area contributed by atoms with E-state index >= 15 is 0 Å². The molecule has 0 fully saturated rings. The second-order valence-electron chi connectivity index (χ2n) is 4.64. The molecular formula is C15H21NO5. The van der Waals surface area contributed by atoms with Crippen molar-refractivity contribution in [1.82, 2.24) is 4.90 Å². The summed E-state index contributed by atoms with van der Waals surface area (Å²) in [6.45, 7) is 1.98. The Morgan fingerprint density at radius 1 is 1.24 bits per heavy atom. The summed E-state index contributed by atoms with van der Waals surface area (Å²) >= 11 is 0. The molecule has 1 amide bonds. The minimum Gasteiger partial charge on any atom is -0.497 e. The predicted octanol–water partition coefficient (Wildman–Crippen LogP) is 1.36. The SMILES string of the molecule is COCCN(CC(=O)O)C(=O)C(C)c1ccc(OC)cc1. The Hall–Kier alpha value is -2.08. The number of hydrogen-bond acceptors (Lipinski definition) is 4. The number of carbonyl (C=O) groups is 2. The van der Waals surface area contributed by atoms with Crippen LogP contribution in [0, 0.1) is 0 Å². The van der Waals surface area contributed by atoms with Gasteiger partial charge in [0.2, 0.25) is 5.91 Å². The third-order valence-electron chi connectivity index (χ3n) is 3.19. The minimum atomic E-state index is -1.04. The molecule has 0 radical (unpaired) electrons. The van der Waals surface area contributed by atoms with E-state index in [-0.39, 0.29) is 19.0 Å². The highest BCUT2D eigenvalue weighted by Gasteiger charge is 2.23. The lowest BCUT2D eigenvalue weighted by atomic mass is 9.99. The van der Waals surface area contributed by atoms with Crippen LogP contribution in [0.3, 0.4) is 0 Å². The molecule has 0 aliphatic heterocycles. The topological polar surface area (TPSA) is 76.1 Å². The smallest absolute Gasteiger partial charge is 0.323 e. The zero-order valence-corrected chi connectivity index (χ0v) is 12.5. The van der Waals surface area contributed by atoms with E-state index < -0.39 is 11.9 Å². The highest BCUT2D eigenvalue weighted by atomic mass is 16.5. The van der Waals surface area contributed by atoms with Gasteiger partial charge in [-0.15, -0.1) is 0 Å². The Morgan fingerprint density at radius 3 is 2.33 bits per heavy atom. The average molecular weight is 295 g/mol. The summed E-state index contributed by atoms with van der Waals surface area (Å²) in [4.78, 5) is 24.6. The summed E-state index contributed by atoms with van der Waals surface area (Å²) in [6, 6.07) is 7.15. The van der Waals surface area contributed by atoms with Crippen molar-refractivity contribution >= 4 is 11.9 Å². The van der Waals surface area contributed by atoms with E-state index in [1.807, 2.05) is 0 Å². The van der Waals surface area contributed by atoms with Crippen LogP contribution in [0.15, 0.2) is 24.3 Å². The summed E-state index contributed by atoms with van der Waals surface area (Å²) in [5.74, 6) is -0.992. The first-order valence-electron chi connectivity index (χ1n) is 6.63. The van der Waals surface area contributed by atoms with Crippen LogP contribution in [0.25, 0.3) is 0 Å². The second-order valence-corrected chi connectivity index (χ2v) is 4.64. The molecule has 6 heteroatoms. The standard InChI is InChI=1S/C15H21NO5/c1-11(12-4-6-13(21-3)7-5-12)15(19)16(8-9-20-2)10-14(17)18/h4-7,11H,8-10H2,1-3H3,(H,17,18). The molecule has 0 spiro atoms. The maximum atomic E-state index is 12.4. The van der Waals surface area contributed by atoms with Gasteiger partial charge in [0, 0.05) is 13.7 Å². The zero-order chi connectivity index (χ0) is 15.8. The van der Waals surface area contributed by atoms with Gasteiger partial charge in [-0.1, -0.05) is 12.1 Å². The maximum absolute atomic E-state index is 12.4. The van der Waals surface area contributed by atoms with Crippen molar-refractivity contribution in [3.8, 4) is 5.75 Å². The molecule has 0 heterocycles. The number of rotatable bonds is 8. The predicted molar refractivity (Wildman–Crippen MR) is 77.5 cm³/mol. The van der Waals surface area contributed by atoms with Crippen molar-refractivity contribution < 1.29 is 24.2 Å². The first-order valence-corrected chi connectivity index (χ1v) is 6.63. The minimum absolute atomic E-state index is 0.236. The van der Waals surface area contributed by atoms with Crippen LogP contribution in [0.4, 0.5) is 0 Å². The van der Waals surface area contributed by atoms with Gasteiger partial charge < -0.3 is 19.5 Å². The third kappa shape index (κ3) is 5.07. The van der Waals surface area contributed by atoms with E-state index in [2.05, 4.69) is 0 Å². The lowest BCUT2D eigenvalue weighted by Gasteiger charge is -2.24. The number of carbonyl (C=O) groups excluding carboxylic acids is 1. The fraction of sp³-hybridized carbons (Fsp3) is 0.467. The largest absolute Gasteiger partial charge is 0.497 e. The molecule has 21 heavy (non-hydrogen) atoms. The van der Waals surface area contributed by atoms with E-state index in [4.69, 9.17) is 14.6 Å². The Labute approximate surface area is 124 Å². The van der Waals surface area contributed by atoms with Gasteiger partial charge in [-0.25, -0.2) is 0 Å². The number of carboxylic acids is 1. The number of methoxy groups -OCH3 is 2. The van der Waals surface area contributed by atoms with E-state index in [0.717, 1.165) is 5.56 Å². The molecule has 6 nitrogen and oxygen atoms in total. The van der Waals surface area contributed by atoms with Crippen LogP contribution in [0.5, 0.6) is 5.75 Å². The van der Waals surface area contributed by atoms with Crippen molar-refractivity contribution in [2.75, 3.05) is 33.9 Å². The Morgan fingerprint density at radius 2 is 1.86 bits per heavy atom. The fourth-order valence-electron chi connectivity index (χ4n) is 1.94. The van der Waals surface area contributed by atoms with Crippen molar-refractivity contribution in [3.05, 3.63) is 29.8 Å². The number of benzene rings is 1. The molecule has 0 aliphatic rings. The molecule has 0 bridgehead atoms. The van der Waals surface area contributed by atoms with Crippen LogP contribution in [0.2, 0.25) is 0 Å². The number of amides is 1. The first kappa shape index (κ1) is 17.0. The average Bonchev–Trinajstić information content (AvgIpc) is 2.49. The van der Waals surface area contributed by atoms with Gasteiger partial charge in [-0.05, 0) is 24.6 Å². The zero-order valence-electron chi connectivity index (χ0n) is 12.5. The van der Waals surface area contributed by atoms with E-state index in [9.17, 15) is 9.59 Å². The molecule has 1 aromatic rings. The lowest BCUT2D eigenvalue weighted by Crippen LogP contribution is -2.40. The lowest BCUT2D eigenvalue weighted by molar-refractivity contribution is -0.145. The number of ether oxygens (including phenoxy) is 2. The molecule has 1 unspecified atom stereocenters. The molecule has 1 atom stereocenters. The summed E-state index contributed by atoms with van der Waals surface area (Å²) in [5.41, 5.74) is 0.814. The van der Waals surface area contributed by atoms with Crippen molar-refractivity contribution in [2.45, 2.75) is 12.8 Å². The van der Waals surface area contributed by atoms with Crippen molar-refractivity contribution in [3.63, 3.8) is 0 Å². The molecule has 1 rings (SSSR count). The van der Waals surface area contributed by atoms with Gasteiger partial charge in [-0.3, -0.25) is 9.59 Å². The molecule has 0 aliphatic carbocycles. The number of aliphatic carboxylic acids is 1. The molecular weight excluding hydrogens is 274 g/mol. The van der Waals surface area contributed by atoms with Crippen LogP contribution >= 0.6 is 0 Å². The number of hydrogen-bond donors (Lipinski definition) is 1. The fourth-order valence-corrected chi connectivity index (χ4v) is 1.94.